The zero-order valence-electron chi connectivity index (χ0n) is 11.7. The number of aromatic amines is 1. The molecule has 7 nitrogen and oxygen atoms in total. The van der Waals surface area contributed by atoms with Crippen molar-refractivity contribution in [1.82, 2.24) is 19.9 Å². The first-order chi connectivity index (χ1) is 10.3. The van der Waals surface area contributed by atoms with Crippen LogP contribution in [0.15, 0.2) is 30.4 Å². The first-order valence-corrected chi connectivity index (χ1v) is 6.73. The molecule has 7 heteroatoms. The molecule has 0 fully saturated rings. The number of hydrogen-bond acceptors (Lipinski definition) is 5. The van der Waals surface area contributed by atoms with E-state index in [1.54, 1.807) is 18.6 Å². The molecule has 1 aliphatic rings. The minimum Gasteiger partial charge on any atom is -0.338 e. The standard InChI is InChI=1S/C14H16N6O/c1-10-2-5-20(14-15-3-4-16-14)8-11(10)12-6-18-13(7-17-12)19-9-21/h3-4,6-7,9H,2,5,8H2,1H3,(H,15,16)(H,18,19,21). The van der Waals surface area contributed by atoms with Gasteiger partial charge in [0.25, 0.3) is 0 Å². The average Bonchev–Trinajstić information content (AvgIpc) is 3.03. The van der Waals surface area contributed by atoms with Gasteiger partial charge in [0.05, 0.1) is 18.1 Å². The second-order valence-corrected chi connectivity index (χ2v) is 4.89. The van der Waals surface area contributed by atoms with E-state index >= 15 is 0 Å². The lowest BCUT2D eigenvalue weighted by atomic mass is 9.99. The van der Waals surface area contributed by atoms with Gasteiger partial charge < -0.3 is 15.2 Å². The molecule has 0 aromatic carbocycles. The van der Waals surface area contributed by atoms with E-state index in [2.05, 4.69) is 37.1 Å². The highest BCUT2D eigenvalue weighted by Crippen LogP contribution is 2.26. The van der Waals surface area contributed by atoms with E-state index in [1.165, 1.54) is 5.57 Å². The van der Waals surface area contributed by atoms with Gasteiger partial charge in [-0.25, -0.2) is 9.97 Å². The molecule has 0 saturated heterocycles. The van der Waals surface area contributed by atoms with E-state index in [0.717, 1.165) is 36.7 Å². The molecular weight excluding hydrogens is 268 g/mol. The van der Waals surface area contributed by atoms with E-state index in [4.69, 9.17) is 0 Å². The molecule has 0 unspecified atom stereocenters. The Morgan fingerprint density at radius 1 is 1.33 bits per heavy atom. The smallest absolute Gasteiger partial charge is 0.212 e. The molecule has 21 heavy (non-hydrogen) atoms. The summed E-state index contributed by atoms with van der Waals surface area (Å²) in [6.45, 7) is 3.80. The summed E-state index contributed by atoms with van der Waals surface area (Å²) in [5, 5.41) is 2.48. The third-order valence-corrected chi connectivity index (χ3v) is 3.57. The lowest BCUT2D eigenvalue weighted by molar-refractivity contribution is -0.105. The Kier molecular flexibility index (Phi) is 3.63. The van der Waals surface area contributed by atoms with Crippen molar-refractivity contribution in [2.75, 3.05) is 23.3 Å². The van der Waals surface area contributed by atoms with Gasteiger partial charge in [-0.3, -0.25) is 9.78 Å². The number of rotatable bonds is 4. The van der Waals surface area contributed by atoms with Gasteiger partial charge in [-0.1, -0.05) is 5.57 Å². The molecule has 0 bridgehead atoms. The average molecular weight is 284 g/mol. The zero-order chi connectivity index (χ0) is 14.7. The van der Waals surface area contributed by atoms with Crippen molar-refractivity contribution in [3.8, 4) is 0 Å². The molecular formula is C14H16N6O. The Balaban J connectivity index is 1.83. The molecule has 0 spiro atoms. The third kappa shape index (κ3) is 2.76. The summed E-state index contributed by atoms with van der Waals surface area (Å²) < 4.78 is 0. The Bertz CT molecular complexity index is 647. The predicted octanol–water partition coefficient (Wildman–Crippen LogP) is 1.45. The molecule has 2 aromatic heterocycles. The normalized spacial score (nSPS) is 15.2. The highest BCUT2D eigenvalue weighted by molar-refractivity contribution is 5.72. The van der Waals surface area contributed by atoms with Gasteiger partial charge in [0.15, 0.2) is 5.82 Å². The molecule has 1 aliphatic heterocycles. The van der Waals surface area contributed by atoms with Crippen LogP contribution in [0.5, 0.6) is 0 Å². The highest BCUT2D eigenvalue weighted by atomic mass is 16.1. The van der Waals surface area contributed by atoms with Crippen molar-refractivity contribution < 1.29 is 4.79 Å². The fourth-order valence-corrected chi connectivity index (χ4v) is 2.39. The van der Waals surface area contributed by atoms with E-state index in [-0.39, 0.29) is 0 Å². The zero-order valence-corrected chi connectivity index (χ0v) is 11.7. The van der Waals surface area contributed by atoms with Crippen molar-refractivity contribution in [3.05, 3.63) is 36.1 Å². The summed E-state index contributed by atoms with van der Waals surface area (Å²) in [5.74, 6) is 1.32. The fraction of sp³-hybridized carbons (Fsp3) is 0.286. The SMILES string of the molecule is CC1=C(c2cnc(NC=O)cn2)CN(c2ncc[nH]2)CC1. The first-order valence-electron chi connectivity index (χ1n) is 6.73. The predicted molar refractivity (Wildman–Crippen MR) is 79.7 cm³/mol. The molecule has 108 valence electrons. The maximum absolute atomic E-state index is 10.4. The van der Waals surface area contributed by atoms with Crippen molar-refractivity contribution >= 4 is 23.7 Å². The first kappa shape index (κ1) is 13.3. The second kappa shape index (κ2) is 5.74. The monoisotopic (exact) mass is 284 g/mol. The number of nitrogens with zero attached hydrogens (tertiary/aromatic N) is 4. The van der Waals surface area contributed by atoms with Crippen molar-refractivity contribution in [3.63, 3.8) is 0 Å². The van der Waals surface area contributed by atoms with Gasteiger partial charge >= 0.3 is 0 Å². The van der Waals surface area contributed by atoms with Crippen LogP contribution in [0.25, 0.3) is 5.57 Å². The molecule has 1 amide bonds. The van der Waals surface area contributed by atoms with Gasteiger partial charge in [0, 0.05) is 25.5 Å². The Hall–Kier alpha value is -2.70. The number of H-pyrrole nitrogens is 1. The Morgan fingerprint density at radius 3 is 2.90 bits per heavy atom. The minimum absolute atomic E-state index is 0.450. The molecule has 2 N–H and O–H groups in total. The number of hydrogen-bond donors (Lipinski definition) is 2. The van der Waals surface area contributed by atoms with E-state index in [0.29, 0.717) is 12.2 Å². The number of anilines is 2. The molecule has 0 atom stereocenters. The van der Waals surface area contributed by atoms with Crippen molar-refractivity contribution in [2.24, 2.45) is 0 Å². The number of imidazole rings is 1. The van der Waals surface area contributed by atoms with Gasteiger partial charge in [-0.05, 0) is 18.9 Å². The number of carbonyl (C=O) groups is 1. The van der Waals surface area contributed by atoms with Crippen LogP contribution in [-0.2, 0) is 4.79 Å². The summed E-state index contributed by atoms with van der Waals surface area (Å²) in [4.78, 5) is 28.6. The number of aromatic nitrogens is 4. The van der Waals surface area contributed by atoms with Crippen LogP contribution in [0.4, 0.5) is 11.8 Å². The van der Waals surface area contributed by atoms with Gasteiger partial charge in [0.1, 0.15) is 0 Å². The summed E-state index contributed by atoms with van der Waals surface area (Å²) in [6.07, 6.45) is 8.38. The summed E-state index contributed by atoms with van der Waals surface area (Å²) in [7, 11) is 0. The maximum Gasteiger partial charge on any atom is 0.212 e. The van der Waals surface area contributed by atoms with Crippen LogP contribution in [0.2, 0.25) is 0 Å². The van der Waals surface area contributed by atoms with Gasteiger partial charge in [-0.15, -0.1) is 0 Å². The van der Waals surface area contributed by atoms with Crippen LogP contribution in [0.3, 0.4) is 0 Å². The van der Waals surface area contributed by atoms with Crippen molar-refractivity contribution in [1.29, 1.82) is 0 Å². The number of nitrogens with one attached hydrogen (secondary N) is 2. The molecule has 0 aliphatic carbocycles. The van der Waals surface area contributed by atoms with Crippen LogP contribution in [0.1, 0.15) is 19.0 Å². The minimum atomic E-state index is 0.450. The lowest BCUT2D eigenvalue weighted by Crippen LogP contribution is -2.31. The van der Waals surface area contributed by atoms with Gasteiger partial charge in [0.2, 0.25) is 12.4 Å². The van der Waals surface area contributed by atoms with Gasteiger partial charge in [-0.2, -0.15) is 0 Å². The molecule has 3 heterocycles. The summed E-state index contributed by atoms with van der Waals surface area (Å²) >= 11 is 0. The Labute approximate surface area is 122 Å². The van der Waals surface area contributed by atoms with Crippen LogP contribution in [0, 0.1) is 0 Å². The number of carbonyl (C=O) groups excluding carboxylic acids is 1. The van der Waals surface area contributed by atoms with Crippen molar-refractivity contribution in [2.45, 2.75) is 13.3 Å². The van der Waals surface area contributed by atoms with E-state index in [9.17, 15) is 4.79 Å². The fourth-order valence-electron chi connectivity index (χ4n) is 2.39. The number of amides is 1. The van der Waals surface area contributed by atoms with E-state index < -0.39 is 0 Å². The maximum atomic E-state index is 10.4. The highest BCUT2D eigenvalue weighted by Gasteiger charge is 2.20. The molecule has 0 saturated carbocycles. The topological polar surface area (TPSA) is 86.8 Å². The van der Waals surface area contributed by atoms with Crippen LogP contribution >= 0.6 is 0 Å². The quantitative estimate of drug-likeness (QED) is 0.830. The lowest BCUT2D eigenvalue weighted by Gasteiger charge is -2.29. The van der Waals surface area contributed by atoms with Crippen LogP contribution < -0.4 is 10.2 Å². The summed E-state index contributed by atoms with van der Waals surface area (Å²) in [6, 6.07) is 0. The largest absolute Gasteiger partial charge is 0.338 e. The van der Waals surface area contributed by atoms with E-state index in [1.807, 2.05) is 6.20 Å². The molecule has 3 rings (SSSR count). The second-order valence-electron chi connectivity index (χ2n) is 4.89. The Morgan fingerprint density at radius 2 is 2.24 bits per heavy atom. The van der Waals surface area contributed by atoms with Crippen LogP contribution in [-0.4, -0.2) is 39.4 Å². The molecule has 0 radical (unpaired) electrons. The third-order valence-electron chi connectivity index (χ3n) is 3.57. The summed E-state index contributed by atoms with van der Waals surface area (Å²) in [5.41, 5.74) is 3.30. The molecule has 2 aromatic rings.